The molecule has 2 heterocycles. The zero-order valence-electron chi connectivity index (χ0n) is 11.3. The van der Waals surface area contributed by atoms with E-state index in [-0.39, 0.29) is 24.0 Å². The Hall–Kier alpha value is -3.03. The molecular formula is C14H10N2O6. The van der Waals surface area contributed by atoms with Crippen molar-refractivity contribution in [1.82, 2.24) is 9.96 Å². The molecule has 1 saturated heterocycles. The average Bonchev–Trinajstić information content (AvgIpc) is 2.94. The Bertz CT molecular complexity index is 675. The van der Waals surface area contributed by atoms with Crippen LogP contribution in [0.1, 0.15) is 33.6 Å². The third-order valence-electron chi connectivity index (χ3n) is 3.36. The van der Waals surface area contributed by atoms with Crippen molar-refractivity contribution in [1.29, 1.82) is 0 Å². The summed E-state index contributed by atoms with van der Waals surface area (Å²) in [5, 5.41) is 0.375. The second-order valence-corrected chi connectivity index (χ2v) is 4.79. The third-order valence-corrected chi connectivity index (χ3v) is 3.36. The van der Waals surface area contributed by atoms with Gasteiger partial charge in [0.15, 0.2) is 0 Å². The number of nitrogens with zero attached hydrogens (tertiary/aromatic N) is 2. The van der Waals surface area contributed by atoms with Gasteiger partial charge in [0.1, 0.15) is 6.54 Å². The summed E-state index contributed by atoms with van der Waals surface area (Å²) in [5.74, 6) is -3.51. The first kappa shape index (κ1) is 13.9. The van der Waals surface area contributed by atoms with Crippen LogP contribution in [-0.2, 0) is 19.2 Å². The van der Waals surface area contributed by atoms with Gasteiger partial charge in [-0.05, 0) is 12.1 Å². The van der Waals surface area contributed by atoms with E-state index in [1.165, 1.54) is 12.1 Å². The van der Waals surface area contributed by atoms with Gasteiger partial charge in [-0.15, -0.1) is 5.06 Å². The number of carbonyl (C=O) groups excluding carboxylic acids is 5. The smallest absolute Gasteiger partial charge is 0.328 e. The molecule has 1 aromatic carbocycles. The van der Waals surface area contributed by atoms with E-state index in [9.17, 15) is 24.0 Å². The fraction of sp³-hybridized carbons (Fsp3) is 0.214. The minimum Gasteiger partial charge on any atom is -0.328 e. The lowest BCUT2D eigenvalue weighted by Gasteiger charge is -2.16. The first-order valence-corrected chi connectivity index (χ1v) is 6.51. The molecule has 8 heteroatoms. The van der Waals surface area contributed by atoms with Crippen molar-refractivity contribution in [3.05, 3.63) is 35.4 Å². The largest absolute Gasteiger partial charge is 0.352 e. The molecule has 0 aliphatic carbocycles. The van der Waals surface area contributed by atoms with E-state index in [4.69, 9.17) is 0 Å². The van der Waals surface area contributed by atoms with Crippen LogP contribution < -0.4 is 0 Å². The molecule has 4 amide bonds. The second-order valence-electron chi connectivity index (χ2n) is 4.79. The van der Waals surface area contributed by atoms with Crippen molar-refractivity contribution in [3.8, 4) is 0 Å². The maximum atomic E-state index is 12.1. The molecule has 1 aromatic rings. The van der Waals surface area contributed by atoms with Crippen molar-refractivity contribution >= 4 is 29.6 Å². The van der Waals surface area contributed by atoms with E-state index in [0.717, 1.165) is 4.90 Å². The zero-order valence-corrected chi connectivity index (χ0v) is 11.3. The molecule has 0 radical (unpaired) electrons. The monoisotopic (exact) mass is 302 g/mol. The number of fused-ring (bicyclic) bond motifs is 1. The first-order chi connectivity index (χ1) is 10.5. The van der Waals surface area contributed by atoms with Crippen LogP contribution >= 0.6 is 0 Å². The molecule has 3 rings (SSSR count). The van der Waals surface area contributed by atoms with Crippen LogP contribution in [0.3, 0.4) is 0 Å². The van der Waals surface area contributed by atoms with Crippen LogP contribution in [0, 0.1) is 0 Å². The van der Waals surface area contributed by atoms with Crippen molar-refractivity contribution in [2.75, 3.05) is 6.54 Å². The van der Waals surface area contributed by atoms with Gasteiger partial charge in [-0.1, -0.05) is 12.1 Å². The number of rotatable bonds is 3. The summed E-state index contributed by atoms with van der Waals surface area (Å²) in [5.41, 5.74) is 0.405. The number of hydrogen-bond acceptors (Lipinski definition) is 6. The van der Waals surface area contributed by atoms with Crippen LogP contribution in [-0.4, -0.2) is 46.1 Å². The van der Waals surface area contributed by atoms with E-state index in [0.29, 0.717) is 5.06 Å². The topological polar surface area (TPSA) is 101 Å². The highest BCUT2D eigenvalue weighted by atomic mass is 16.7. The molecular weight excluding hydrogens is 292 g/mol. The fourth-order valence-corrected chi connectivity index (χ4v) is 2.30. The van der Waals surface area contributed by atoms with Gasteiger partial charge in [-0.2, -0.15) is 0 Å². The lowest BCUT2D eigenvalue weighted by atomic mass is 10.1. The Morgan fingerprint density at radius 3 is 1.95 bits per heavy atom. The summed E-state index contributed by atoms with van der Waals surface area (Å²) in [6.45, 7) is -0.663. The van der Waals surface area contributed by atoms with Gasteiger partial charge in [0.2, 0.25) is 0 Å². The molecule has 0 aromatic heterocycles. The number of carbonyl (C=O) groups is 5. The summed E-state index contributed by atoms with van der Waals surface area (Å²) in [4.78, 5) is 63.9. The quantitative estimate of drug-likeness (QED) is 0.722. The Kier molecular flexibility index (Phi) is 3.21. The highest BCUT2D eigenvalue weighted by Gasteiger charge is 2.38. The van der Waals surface area contributed by atoms with Gasteiger partial charge >= 0.3 is 5.97 Å². The molecule has 22 heavy (non-hydrogen) atoms. The molecule has 0 bridgehead atoms. The van der Waals surface area contributed by atoms with Crippen molar-refractivity contribution in [2.45, 2.75) is 12.8 Å². The molecule has 2 aliphatic heterocycles. The molecule has 0 spiro atoms. The standard InChI is InChI=1S/C14H10N2O6/c17-10-5-6-11(18)16(10)22-12(19)7-15-13(20)8-3-1-2-4-9(8)14(15)21/h1-4H,5-7H2. The van der Waals surface area contributed by atoms with E-state index in [1.54, 1.807) is 12.1 Å². The third kappa shape index (κ3) is 2.14. The van der Waals surface area contributed by atoms with Crippen molar-refractivity contribution in [2.24, 2.45) is 0 Å². The van der Waals surface area contributed by atoms with Gasteiger partial charge < -0.3 is 4.84 Å². The highest BCUT2D eigenvalue weighted by molar-refractivity contribution is 6.22. The number of amides is 4. The summed E-state index contributed by atoms with van der Waals surface area (Å²) >= 11 is 0. The number of hydrogen-bond donors (Lipinski definition) is 0. The first-order valence-electron chi connectivity index (χ1n) is 6.51. The van der Waals surface area contributed by atoms with E-state index < -0.39 is 36.1 Å². The van der Waals surface area contributed by atoms with Crippen molar-refractivity contribution < 1.29 is 28.8 Å². The number of imide groups is 2. The molecule has 0 N–H and O–H groups in total. The van der Waals surface area contributed by atoms with Crippen LogP contribution in [0.25, 0.3) is 0 Å². The highest BCUT2D eigenvalue weighted by Crippen LogP contribution is 2.22. The maximum Gasteiger partial charge on any atom is 0.352 e. The van der Waals surface area contributed by atoms with Gasteiger partial charge in [0, 0.05) is 12.8 Å². The van der Waals surface area contributed by atoms with Crippen LogP contribution in [0.4, 0.5) is 0 Å². The maximum absolute atomic E-state index is 12.1. The Morgan fingerprint density at radius 2 is 1.45 bits per heavy atom. The summed E-state index contributed by atoms with van der Waals surface area (Å²) in [6, 6.07) is 6.17. The number of hydroxylamine groups is 2. The molecule has 1 fully saturated rings. The van der Waals surface area contributed by atoms with Gasteiger partial charge in [-0.3, -0.25) is 24.1 Å². The molecule has 0 atom stereocenters. The predicted octanol–water partition coefficient (Wildman–Crippen LogP) is -0.110. The predicted molar refractivity (Wildman–Crippen MR) is 69.0 cm³/mol. The molecule has 112 valence electrons. The SMILES string of the molecule is O=C(CN1C(=O)c2ccccc2C1=O)ON1C(=O)CCC1=O. The number of benzene rings is 1. The van der Waals surface area contributed by atoms with Crippen LogP contribution in [0.2, 0.25) is 0 Å². The van der Waals surface area contributed by atoms with Gasteiger partial charge in [0.05, 0.1) is 11.1 Å². The Balaban J connectivity index is 1.71. The summed E-state index contributed by atoms with van der Waals surface area (Å²) in [7, 11) is 0. The van der Waals surface area contributed by atoms with Gasteiger partial charge in [-0.25, -0.2) is 4.79 Å². The molecule has 2 aliphatic rings. The molecule has 8 nitrogen and oxygen atoms in total. The molecule has 0 unspecified atom stereocenters. The lowest BCUT2D eigenvalue weighted by molar-refractivity contribution is -0.197. The Labute approximate surface area is 124 Å². The molecule has 0 saturated carbocycles. The second kappa shape index (κ2) is 5.06. The van der Waals surface area contributed by atoms with E-state index in [1.807, 2.05) is 0 Å². The van der Waals surface area contributed by atoms with Crippen LogP contribution in [0.15, 0.2) is 24.3 Å². The zero-order chi connectivity index (χ0) is 15.9. The van der Waals surface area contributed by atoms with Crippen LogP contribution in [0.5, 0.6) is 0 Å². The Morgan fingerprint density at radius 1 is 0.955 bits per heavy atom. The normalized spacial score (nSPS) is 17.3. The van der Waals surface area contributed by atoms with Crippen molar-refractivity contribution in [3.63, 3.8) is 0 Å². The minimum absolute atomic E-state index is 0.0286. The fourth-order valence-electron chi connectivity index (χ4n) is 2.30. The van der Waals surface area contributed by atoms with Gasteiger partial charge in [0.25, 0.3) is 23.6 Å². The summed E-state index contributed by atoms with van der Waals surface area (Å²) < 4.78 is 0. The van der Waals surface area contributed by atoms with E-state index >= 15 is 0 Å². The summed E-state index contributed by atoms with van der Waals surface area (Å²) in [6.07, 6.45) is -0.0573. The lowest BCUT2D eigenvalue weighted by Crippen LogP contribution is -2.40. The minimum atomic E-state index is -1.03. The van der Waals surface area contributed by atoms with E-state index in [2.05, 4.69) is 4.84 Å². The average molecular weight is 302 g/mol.